The van der Waals surface area contributed by atoms with Gasteiger partial charge in [-0.25, -0.2) is 0 Å². The number of hydrogen-bond acceptors (Lipinski definition) is 3. The van der Waals surface area contributed by atoms with Crippen LogP contribution in [0.4, 0.5) is 0 Å². The van der Waals surface area contributed by atoms with Crippen LogP contribution in [0.3, 0.4) is 0 Å². The van der Waals surface area contributed by atoms with Gasteiger partial charge in [-0.1, -0.05) is 10.5 Å². The molecule has 1 unspecified atom stereocenters. The SMILES string of the molecule is CC(=N[S+]([O-])C(C)(C)C)c1ccc2nn(C)cc2c1. The van der Waals surface area contributed by atoms with Crippen LogP contribution < -0.4 is 0 Å². The zero-order chi connectivity index (χ0) is 14.2. The minimum absolute atomic E-state index is 0.334. The Hall–Kier alpha value is -1.33. The molecular formula is C14H19N3OS. The third kappa shape index (κ3) is 3.16. The van der Waals surface area contributed by atoms with E-state index in [9.17, 15) is 4.55 Å². The summed E-state index contributed by atoms with van der Waals surface area (Å²) in [7, 11) is 1.90. The second-order valence-corrected chi connectivity index (χ2v) is 7.52. The highest BCUT2D eigenvalue weighted by molar-refractivity contribution is 7.91. The molecule has 0 bridgehead atoms. The van der Waals surface area contributed by atoms with Gasteiger partial charge in [0.2, 0.25) is 0 Å². The summed E-state index contributed by atoms with van der Waals surface area (Å²) in [6.07, 6.45) is 1.97. The summed E-state index contributed by atoms with van der Waals surface area (Å²) in [5.74, 6) is 0. The van der Waals surface area contributed by atoms with E-state index in [1.807, 2.05) is 59.1 Å². The van der Waals surface area contributed by atoms with Gasteiger partial charge < -0.3 is 4.55 Å². The van der Waals surface area contributed by atoms with Gasteiger partial charge in [0, 0.05) is 24.2 Å². The molecule has 0 amide bonds. The molecule has 1 aromatic carbocycles. The number of rotatable bonds is 2. The van der Waals surface area contributed by atoms with Gasteiger partial charge in [0.15, 0.2) is 0 Å². The molecule has 0 spiro atoms. The summed E-state index contributed by atoms with van der Waals surface area (Å²) in [4.78, 5) is 0. The quantitative estimate of drug-likeness (QED) is 0.626. The lowest BCUT2D eigenvalue weighted by atomic mass is 10.1. The maximum Gasteiger partial charge on any atom is 0.144 e. The fourth-order valence-electron chi connectivity index (χ4n) is 1.69. The molecule has 0 radical (unpaired) electrons. The van der Waals surface area contributed by atoms with Gasteiger partial charge in [0.05, 0.1) is 11.2 Å². The van der Waals surface area contributed by atoms with Crippen LogP contribution in [0.1, 0.15) is 33.3 Å². The fourth-order valence-corrected chi connectivity index (χ4v) is 2.32. The van der Waals surface area contributed by atoms with Crippen LogP contribution in [0.2, 0.25) is 0 Å². The number of benzene rings is 1. The second-order valence-electron chi connectivity index (χ2n) is 5.61. The molecule has 1 aromatic heterocycles. The highest BCUT2D eigenvalue weighted by Crippen LogP contribution is 2.20. The summed E-state index contributed by atoms with van der Waals surface area (Å²) < 4.78 is 17.8. The van der Waals surface area contributed by atoms with Crippen molar-refractivity contribution in [3.8, 4) is 0 Å². The van der Waals surface area contributed by atoms with Crippen LogP contribution in [0.15, 0.2) is 28.8 Å². The van der Waals surface area contributed by atoms with Crippen LogP contribution in [-0.2, 0) is 18.4 Å². The van der Waals surface area contributed by atoms with E-state index in [1.165, 1.54) is 0 Å². The van der Waals surface area contributed by atoms with Crippen molar-refractivity contribution in [2.75, 3.05) is 0 Å². The Morgan fingerprint density at radius 2 is 2.05 bits per heavy atom. The van der Waals surface area contributed by atoms with E-state index < -0.39 is 11.4 Å². The first-order valence-electron chi connectivity index (χ1n) is 6.18. The molecular weight excluding hydrogens is 258 g/mol. The Morgan fingerprint density at radius 3 is 2.68 bits per heavy atom. The topological polar surface area (TPSA) is 53.2 Å². The summed E-state index contributed by atoms with van der Waals surface area (Å²) in [6, 6.07) is 5.96. The lowest BCUT2D eigenvalue weighted by Crippen LogP contribution is -2.26. The Kier molecular flexibility index (Phi) is 3.69. The molecule has 0 aliphatic carbocycles. The van der Waals surface area contributed by atoms with E-state index >= 15 is 0 Å². The van der Waals surface area contributed by atoms with Crippen LogP contribution >= 0.6 is 0 Å². The number of hydrogen-bond donors (Lipinski definition) is 0. The van der Waals surface area contributed by atoms with Crippen molar-refractivity contribution in [2.24, 2.45) is 11.4 Å². The molecule has 2 rings (SSSR count). The first kappa shape index (κ1) is 14.1. The average molecular weight is 277 g/mol. The second kappa shape index (κ2) is 4.98. The minimum atomic E-state index is -1.23. The maximum atomic E-state index is 12.0. The van der Waals surface area contributed by atoms with Crippen molar-refractivity contribution in [1.82, 2.24) is 9.78 Å². The molecule has 0 fully saturated rings. The number of aromatic nitrogens is 2. The molecule has 19 heavy (non-hydrogen) atoms. The fraction of sp³-hybridized carbons (Fsp3) is 0.429. The van der Waals surface area contributed by atoms with Crippen molar-refractivity contribution in [2.45, 2.75) is 32.4 Å². The van der Waals surface area contributed by atoms with Gasteiger partial charge in [-0.05, 0) is 39.8 Å². The zero-order valence-corrected chi connectivity index (χ0v) is 12.8. The summed E-state index contributed by atoms with van der Waals surface area (Å²) in [6.45, 7) is 7.65. The first-order valence-corrected chi connectivity index (χ1v) is 7.29. The Labute approximate surface area is 116 Å². The Bertz CT molecular complexity index is 625. The first-order chi connectivity index (χ1) is 8.77. The average Bonchev–Trinajstić information content (AvgIpc) is 2.66. The molecule has 0 aliphatic heterocycles. The highest BCUT2D eigenvalue weighted by atomic mass is 32.2. The van der Waals surface area contributed by atoms with E-state index in [-0.39, 0.29) is 4.75 Å². The highest BCUT2D eigenvalue weighted by Gasteiger charge is 2.26. The maximum absolute atomic E-state index is 12.0. The van der Waals surface area contributed by atoms with Gasteiger partial charge in [-0.3, -0.25) is 4.68 Å². The predicted molar refractivity (Wildman–Crippen MR) is 80.8 cm³/mol. The largest absolute Gasteiger partial charge is 0.591 e. The Balaban J connectivity index is 2.35. The molecule has 0 saturated carbocycles. The van der Waals surface area contributed by atoms with Crippen molar-refractivity contribution >= 4 is 28.0 Å². The molecule has 102 valence electrons. The monoisotopic (exact) mass is 277 g/mol. The van der Waals surface area contributed by atoms with E-state index in [2.05, 4.69) is 9.50 Å². The lowest BCUT2D eigenvalue weighted by Gasteiger charge is -2.18. The van der Waals surface area contributed by atoms with Crippen LogP contribution in [0.25, 0.3) is 10.9 Å². The molecule has 0 aliphatic rings. The van der Waals surface area contributed by atoms with Crippen molar-refractivity contribution < 1.29 is 4.55 Å². The van der Waals surface area contributed by atoms with Crippen molar-refractivity contribution in [1.29, 1.82) is 0 Å². The molecule has 1 atom stereocenters. The molecule has 1 heterocycles. The standard InChI is InChI=1S/C14H19N3OS/c1-10(16-19(18)14(2,3)4)11-6-7-13-12(8-11)9-17(5)15-13/h6-9H,1-5H3. The molecule has 5 heteroatoms. The van der Waals surface area contributed by atoms with E-state index in [0.717, 1.165) is 22.2 Å². The minimum Gasteiger partial charge on any atom is -0.591 e. The van der Waals surface area contributed by atoms with Gasteiger partial charge in [0.1, 0.15) is 16.1 Å². The normalized spacial score (nSPS) is 14.9. The van der Waals surface area contributed by atoms with Gasteiger partial charge >= 0.3 is 0 Å². The van der Waals surface area contributed by atoms with Crippen LogP contribution in [0.5, 0.6) is 0 Å². The number of fused-ring (bicyclic) bond motifs is 1. The molecule has 4 nitrogen and oxygen atoms in total. The van der Waals surface area contributed by atoms with Gasteiger partial charge in [-0.2, -0.15) is 5.10 Å². The molecule has 0 saturated heterocycles. The summed E-state index contributed by atoms with van der Waals surface area (Å²) in [5.41, 5.74) is 2.73. The Morgan fingerprint density at radius 1 is 1.37 bits per heavy atom. The third-order valence-electron chi connectivity index (χ3n) is 2.78. The van der Waals surface area contributed by atoms with E-state index in [1.54, 1.807) is 4.68 Å². The number of aryl methyl sites for hydroxylation is 1. The third-order valence-corrected chi connectivity index (χ3v) is 4.27. The lowest BCUT2D eigenvalue weighted by molar-refractivity contribution is 0.561. The molecule has 2 aromatic rings. The summed E-state index contributed by atoms with van der Waals surface area (Å²) in [5, 5.41) is 5.40. The van der Waals surface area contributed by atoms with Crippen LogP contribution in [0, 0.1) is 0 Å². The smallest absolute Gasteiger partial charge is 0.144 e. The molecule has 0 N–H and O–H groups in total. The van der Waals surface area contributed by atoms with E-state index in [0.29, 0.717) is 0 Å². The summed E-state index contributed by atoms with van der Waals surface area (Å²) >= 11 is -1.23. The number of nitrogens with zero attached hydrogens (tertiary/aromatic N) is 3. The van der Waals surface area contributed by atoms with Crippen molar-refractivity contribution in [3.05, 3.63) is 30.0 Å². The van der Waals surface area contributed by atoms with Gasteiger partial charge in [0.25, 0.3) is 0 Å². The zero-order valence-electron chi connectivity index (χ0n) is 12.0. The van der Waals surface area contributed by atoms with E-state index in [4.69, 9.17) is 0 Å². The van der Waals surface area contributed by atoms with Crippen molar-refractivity contribution in [3.63, 3.8) is 0 Å². The van der Waals surface area contributed by atoms with Gasteiger partial charge in [-0.15, -0.1) is 0 Å². The van der Waals surface area contributed by atoms with Crippen LogP contribution in [-0.4, -0.2) is 24.8 Å². The predicted octanol–water partition coefficient (Wildman–Crippen LogP) is 2.84.